The number of hydrogen-bond acceptors (Lipinski definition) is 2. The summed E-state index contributed by atoms with van der Waals surface area (Å²) < 4.78 is 0. The van der Waals surface area contributed by atoms with E-state index < -0.39 is 11.4 Å². The molecule has 0 atom stereocenters. The highest BCUT2D eigenvalue weighted by atomic mass is 16.4. The minimum Gasteiger partial charge on any atom is -0.481 e. The highest BCUT2D eigenvalue weighted by Crippen LogP contribution is 2.39. The number of carboxylic acids is 1. The molecule has 0 aromatic heterocycles. The molecule has 2 saturated carbocycles. The Morgan fingerprint density at radius 3 is 1.90 bits per heavy atom. The number of carbonyl (C=O) groups is 2. The molecule has 0 unspecified atom stereocenters. The fourth-order valence-electron chi connectivity index (χ4n) is 4.02. The summed E-state index contributed by atoms with van der Waals surface area (Å²) in [6, 6.07) is 0. The van der Waals surface area contributed by atoms with Gasteiger partial charge < -0.3 is 10.4 Å². The zero-order chi connectivity index (χ0) is 15.3. The second-order valence-electron chi connectivity index (χ2n) is 7.35. The highest BCUT2D eigenvalue weighted by Gasteiger charge is 2.41. The van der Waals surface area contributed by atoms with Crippen molar-refractivity contribution in [2.45, 2.75) is 89.5 Å². The van der Waals surface area contributed by atoms with Gasteiger partial charge in [-0.05, 0) is 32.6 Å². The predicted octanol–water partition coefficient (Wildman–Crippen LogP) is 3.64. The Balaban J connectivity index is 1.99. The van der Waals surface area contributed by atoms with Crippen molar-refractivity contribution >= 4 is 11.9 Å². The lowest BCUT2D eigenvalue weighted by Gasteiger charge is -2.36. The number of carboxylic acid groups (broad SMARTS) is 1. The first kappa shape index (κ1) is 16.3. The van der Waals surface area contributed by atoms with Crippen LogP contribution in [-0.4, -0.2) is 22.5 Å². The number of nitrogens with one attached hydrogen (secondary N) is 1. The molecule has 2 aliphatic carbocycles. The lowest BCUT2D eigenvalue weighted by atomic mass is 9.76. The van der Waals surface area contributed by atoms with Gasteiger partial charge in [-0.3, -0.25) is 9.59 Å². The number of hydrogen-bond donors (Lipinski definition) is 2. The zero-order valence-corrected chi connectivity index (χ0v) is 13.2. The van der Waals surface area contributed by atoms with Gasteiger partial charge in [0.2, 0.25) is 5.91 Å². The lowest BCUT2D eigenvalue weighted by Crippen LogP contribution is -2.49. The number of carbonyl (C=O) groups excluding carboxylic acids is 1. The van der Waals surface area contributed by atoms with E-state index in [1.807, 2.05) is 0 Å². The smallest absolute Gasteiger partial charge is 0.310 e. The van der Waals surface area contributed by atoms with Crippen molar-refractivity contribution in [3.05, 3.63) is 0 Å². The molecule has 2 fully saturated rings. The van der Waals surface area contributed by atoms with Gasteiger partial charge in [0.05, 0.1) is 5.41 Å². The normalized spacial score (nSPS) is 24.8. The molecule has 0 radical (unpaired) electrons. The Kier molecular flexibility index (Phi) is 5.28. The topological polar surface area (TPSA) is 66.4 Å². The maximum Gasteiger partial charge on any atom is 0.310 e. The number of amides is 1. The van der Waals surface area contributed by atoms with E-state index in [0.29, 0.717) is 12.8 Å². The number of rotatable bonds is 4. The van der Waals surface area contributed by atoms with E-state index >= 15 is 0 Å². The van der Waals surface area contributed by atoms with Crippen molar-refractivity contribution < 1.29 is 14.7 Å². The van der Waals surface area contributed by atoms with E-state index in [4.69, 9.17) is 0 Å². The molecule has 0 spiro atoms. The van der Waals surface area contributed by atoms with Gasteiger partial charge >= 0.3 is 5.97 Å². The van der Waals surface area contributed by atoms with Crippen molar-refractivity contribution in [1.29, 1.82) is 0 Å². The van der Waals surface area contributed by atoms with Crippen LogP contribution in [-0.2, 0) is 9.59 Å². The monoisotopic (exact) mass is 295 g/mol. The van der Waals surface area contributed by atoms with Gasteiger partial charge in [-0.25, -0.2) is 0 Å². The van der Waals surface area contributed by atoms with Crippen LogP contribution in [0.2, 0.25) is 0 Å². The maximum absolute atomic E-state index is 12.4. The Labute approximate surface area is 127 Å². The Morgan fingerprint density at radius 2 is 1.38 bits per heavy atom. The third-order valence-electron chi connectivity index (χ3n) is 5.41. The summed E-state index contributed by atoms with van der Waals surface area (Å²) >= 11 is 0. The van der Waals surface area contributed by atoms with Crippen LogP contribution in [0.1, 0.15) is 84.0 Å². The van der Waals surface area contributed by atoms with Crippen LogP contribution in [0.3, 0.4) is 0 Å². The largest absolute Gasteiger partial charge is 0.481 e. The van der Waals surface area contributed by atoms with Crippen molar-refractivity contribution in [3.63, 3.8) is 0 Å². The first-order valence-electron chi connectivity index (χ1n) is 8.50. The molecule has 2 aliphatic rings. The van der Waals surface area contributed by atoms with Gasteiger partial charge in [0.15, 0.2) is 0 Å². The third-order valence-corrected chi connectivity index (χ3v) is 5.41. The summed E-state index contributed by atoms with van der Waals surface area (Å²) in [7, 11) is 0. The number of aliphatic carboxylic acids is 1. The van der Waals surface area contributed by atoms with Crippen LogP contribution in [0.25, 0.3) is 0 Å². The van der Waals surface area contributed by atoms with Crippen LogP contribution in [0.5, 0.6) is 0 Å². The zero-order valence-electron chi connectivity index (χ0n) is 13.2. The summed E-state index contributed by atoms with van der Waals surface area (Å²) in [6.45, 7) is 2.10. The maximum atomic E-state index is 12.4. The second kappa shape index (κ2) is 6.80. The average molecular weight is 295 g/mol. The summed E-state index contributed by atoms with van der Waals surface area (Å²) in [5.74, 6) is -0.850. The molecule has 0 bridgehead atoms. The van der Waals surface area contributed by atoms with Crippen LogP contribution in [0.15, 0.2) is 0 Å². The summed E-state index contributed by atoms with van der Waals surface area (Å²) in [5.41, 5.74) is -0.953. The molecule has 21 heavy (non-hydrogen) atoms. The molecular weight excluding hydrogens is 266 g/mol. The standard InChI is InChI=1S/C17H29NO3/c1-16(9-5-4-6-10-16)18-14(19)13-17(15(20)21)11-7-2-3-8-12-17/h2-13H2,1H3,(H,18,19)(H,20,21). The molecular formula is C17H29NO3. The third kappa shape index (κ3) is 4.21. The van der Waals surface area contributed by atoms with E-state index in [0.717, 1.165) is 51.4 Å². The summed E-state index contributed by atoms with van der Waals surface area (Å²) in [4.78, 5) is 24.2. The van der Waals surface area contributed by atoms with Crippen LogP contribution in [0, 0.1) is 5.41 Å². The van der Waals surface area contributed by atoms with Gasteiger partial charge in [-0.2, -0.15) is 0 Å². The van der Waals surface area contributed by atoms with Crippen molar-refractivity contribution in [3.8, 4) is 0 Å². The first-order valence-corrected chi connectivity index (χ1v) is 8.50. The fourth-order valence-corrected chi connectivity index (χ4v) is 4.02. The van der Waals surface area contributed by atoms with Gasteiger partial charge in [0.1, 0.15) is 0 Å². The highest BCUT2D eigenvalue weighted by molar-refractivity contribution is 5.85. The van der Waals surface area contributed by atoms with E-state index in [-0.39, 0.29) is 17.9 Å². The van der Waals surface area contributed by atoms with Crippen LogP contribution >= 0.6 is 0 Å². The second-order valence-corrected chi connectivity index (χ2v) is 7.35. The SMILES string of the molecule is CC1(NC(=O)CC2(C(=O)O)CCCCCC2)CCCCC1. The molecule has 120 valence electrons. The average Bonchev–Trinajstić information content (AvgIpc) is 2.65. The molecule has 4 nitrogen and oxygen atoms in total. The Hall–Kier alpha value is -1.06. The molecule has 0 aromatic carbocycles. The van der Waals surface area contributed by atoms with Crippen molar-refractivity contribution in [1.82, 2.24) is 5.32 Å². The minimum absolute atomic E-state index is 0.0660. The van der Waals surface area contributed by atoms with Crippen molar-refractivity contribution in [2.75, 3.05) is 0 Å². The predicted molar refractivity (Wildman–Crippen MR) is 82.0 cm³/mol. The van der Waals surface area contributed by atoms with E-state index in [2.05, 4.69) is 12.2 Å². The van der Waals surface area contributed by atoms with E-state index in [1.165, 1.54) is 6.42 Å². The van der Waals surface area contributed by atoms with Gasteiger partial charge in [-0.15, -0.1) is 0 Å². The fraction of sp³-hybridized carbons (Fsp3) is 0.882. The van der Waals surface area contributed by atoms with Crippen LogP contribution in [0.4, 0.5) is 0 Å². The first-order chi connectivity index (χ1) is 9.96. The molecule has 2 N–H and O–H groups in total. The molecule has 4 heteroatoms. The summed E-state index contributed by atoms with van der Waals surface area (Å²) in [6.07, 6.45) is 11.1. The van der Waals surface area contributed by atoms with Gasteiger partial charge in [0, 0.05) is 12.0 Å². The Morgan fingerprint density at radius 1 is 0.905 bits per heavy atom. The minimum atomic E-state index is -0.828. The molecule has 1 amide bonds. The quantitative estimate of drug-likeness (QED) is 0.778. The van der Waals surface area contributed by atoms with Crippen LogP contribution < -0.4 is 5.32 Å². The molecule has 0 aromatic rings. The lowest BCUT2D eigenvalue weighted by molar-refractivity contribution is -0.153. The summed E-state index contributed by atoms with van der Waals surface area (Å²) in [5, 5.41) is 12.8. The molecule has 0 heterocycles. The molecule has 2 rings (SSSR count). The van der Waals surface area contributed by atoms with Gasteiger partial charge in [-0.1, -0.05) is 44.9 Å². The van der Waals surface area contributed by atoms with Crippen molar-refractivity contribution in [2.24, 2.45) is 5.41 Å². The van der Waals surface area contributed by atoms with E-state index in [1.54, 1.807) is 0 Å². The molecule has 0 saturated heterocycles. The van der Waals surface area contributed by atoms with Gasteiger partial charge in [0.25, 0.3) is 0 Å². The Bertz CT molecular complexity index is 377. The van der Waals surface area contributed by atoms with E-state index in [9.17, 15) is 14.7 Å². The molecule has 0 aliphatic heterocycles.